The van der Waals surface area contributed by atoms with Gasteiger partial charge in [-0.05, 0) is 39.0 Å². The molecule has 1 fully saturated rings. The normalized spacial score (nSPS) is 15.4. The van der Waals surface area contributed by atoms with Gasteiger partial charge in [-0.3, -0.25) is 4.79 Å². The van der Waals surface area contributed by atoms with Crippen molar-refractivity contribution in [3.8, 4) is 0 Å². The molecule has 0 radical (unpaired) electrons. The second-order valence-electron chi connectivity index (χ2n) is 7.15. The highest BCUT2D eigenvalue weighted by Gasteiger charge is 2.29. The Kier molecular flexibility index (Phi) is 5.12. The van der Waals surface area contributed by atoms with E-state index in [2.05, 4.69) is 0 Å². The highest BCUT2D eigenvalue weighted by molar-refractivity contribution is 7.21. The monoisotopic (exact) mass is 398 g/mol. The average Bonchev–Trinajstić information content (AvgIpc) is 2.89. The number of rotatable bonds is 1. The van der Waals surface area contributed by atoms with Gasteiger partial charge in [0.15, 0.2) is 0 Å². The zero-order valence-corrected chi connectivity index (χ0v) is 16.4. The van der Waals surface area contributed by atoms with Gasteiger partial charge in [0.05, 0.1) is 5.02 Å². The van der Waals surface area contributed by atoms with Crippen molar-refractivity contribution < 1.29 is 18.7 Å². The molecular formula is C18H20ClFN2O3S. The first-order valence-electron chi connectivity index (χ1n) is 8.30. The first-order chi connectivity index (χ1) is 12.2. The van der Waals surface area contributed by atoms with Crippen LogP contribution in [0.1, 0.15) is 30.4 Å². The molecule has 1 saturated heterocycles. The summed E-state index contributed by atoms with van der Waals surface area (Å²) in [7, 11) is 0. The summed E-state index contributed by atoms with van der Waals surface area (Å²) < 4.78 is 19.4. The van der Waals surface area contributed by atoms with E-state index in [-0.39, 0.29) is 17.8 Å². The lowest BCUT2D eigenvalue weighted by atomic mass is 10.2. The van der Waals surface area contributed by atoms with E-state index in [4.69, 9.17) is 16.3 Å². The molecule has 2 amide bonds. The van der Waals surface area contributed by atoms with E-state index in [1.54, 1.807) is 15.9 Å². The van der Waals surface area contributed by atoms with Crippen LogP contribution < -0.4 is 0 Å². The molecule has 1 aliphatic heterocycles. The summed E-state index contributed by atoms with van der Waals surface area (Å²) in [5, 5.41) is 1.03. The molecule has 1 aromatic carbocycles. The van der Waals surface area contributed by atoms with Crippen molar-refractivity contribution >= 4 is 45.0 Å². The third-order valence-electron chi connectivity index (χ3n) is 4.00. The molecule has 3 rings (SSSR count). The Morgan fingerprint density at radius 3 is 2.38 bits per heavy atom. The number of ether oxygens (including phenoxy) is 1. The first-order valence-corrected chi connectivity index (χ1v) is 9.50. The molecule has 26 heavy (non-hydrogen) atoms. The fraction of sp³-hybridized carbons (Fsp3) is 0.444. The number of carbonyl (C=O) groups is 2. The van der Waals surface area contributed by atoms with Gasteiger partial charge >= 0.3 is 6.09 Å². The predicted molar refractivity (Wildman–Crippen MR) is 101 cm³/mol. The summed E-state index contributed by atoms with van der Waals surface area (Å²) in [5.74, 6) is -0.555. The topological polar surface area (TPSA) is 49.9 Å². The van der Waals surface area contributed by atoms with E-state index >= 15 is 0 Å². The van der Waals surface area contributed by atoms with E-state index < -0.39 is 5.60 Å². The van der Waals surface area contributed by atoms with Gasteiger partial charge in [0, 0.05) is 36.3 Å². The van der Waals surface area contributed by atoms with Gasteiger partial charge in [-0.2, -0.15) is 0 Å². The average molecular weight is 399 g/mol. The number of hydrogen-bond acceptors (Lipinski definition) is 4. The fourth-order valence-electron chi connectivity index (χ4n) is 2.74. The van der Waals surface area contributed by atoms with Gasteiger partial charge in [0.2, 0.25) is 0 Å². The Bertz CT molecular complexity index is 854. The SMILES string of the molecule is CC(C)(C)OC(=O)N1CCN(C(=O)c2sc3cc(F)ccc3c2Cl)CC1. The molecule has 5 nitrogen and oxygen atoms in total. The van der Waals surface area contributed by atoms with Gasteiger partial charge in [-0.1, -0.05) is 11.6 Å². The van der Waals surface area contributed by atoms with Gasteiger partial charge < -0.3 is 14.5 Å². The number of halogens is 2. The summed E-state index contributed by atoms with van der Waals surface area (Å²) in [6.45, 7) is 7.05. The fourth-order valence-corrected chi connectivity index (χ4v) is 4.24. The summed E-state index contributed by atoms with van der Waals surface area (Å²) >= 11 is 7.52. The zero-order valence-electron chi connectivity index (χ0n) is 14.8. The largest absolute Gasteiger partial charge is 0.444 e. The Balaban J connectivity index is 1.69. The molecule has 0 spiro atoms. The zero-order chi connectivity index (χ0) is 19.1. The maximum absolute atomic E-state index is 13.4. The number of nitrogens with zero attached hydrogens (tertiary/aromatic N) is 2. The van der Waals surface area contributed by atoms with Crippen molar-refractivity contribution in [2.75, 3.05) is 26.2 Å². The Hall–Kier alpha value is -1.86. The second-order valence-corrected chi connectivity index (χ2v) is 8.58. The third kappa shape index (κ3) is 3.94. The number of hydrogen-bond donors (Lipinski definition) is 0. The highest BCUT2D eigenvalue weighted by Crippen LogP contribution is 2.36. The van der Waals surface area contributed by atoms with E-state index in [1.807, 2.05) is 20.8 Å². The molecule has 1 aromatic heterocycles. The number of thiophene rings is 1. The lowest BCUT2D eigenvalue weighted by Gasteiger charge is -2.35. The van der Waals surface area contributed by atoms with Crippen molar-refractivity contribution in [2.24, 2.45) is 0 Å². The summed E-state index contributed by atoms with van der Waals surface area (Å²) in [6.07, 6.45) is -0.375. The van der Waals surface area contributed by atoms with Crippen molar-refractivity contribution in [3.05, 3.63) is 33.9 Å². The molecule has 0 N–H and O–H groups in total. The van der Waals surface area contributed by atoms with E-state index in [0.717, 1.165) is 0 Å². The first kappa shape index (κ1) is 18.9. The lowest BCUT2D eigenvalue weighted by molar-refractivity contribution is 0.0141. The third-order valence-corrected chi connectivity index (χ3v) is 5.65. The van der Waals surface area contributed by atoms with Crippen LogP contribution in [0.2, 0.25) is 5.02 Å². The summed E-state index contributed by atoms with van der Waals surface area (Å²) in [6, 6.07) is 4.29. The second kappa shape index (κ2) is 7.04. The maximum Gasteiger partial charge on any atom is 0.410 e. The molecular weight excluding hydrogens is 379 g/mol. The summed E-state index contributed by atoms with van der Waals surface area (Å²) in [4.78, 5) is 28.6. The smallest absolute Gasteiger partial charge is 0.410 e. The highest BCUT2D eigenvalue weighted by atomic mass is 35.5. The van der Waals surface area contributed by atoms with Crippen molar-refractivity contribution in [2.45, 2.75) is 26.4 Å². The van der Waals surface area contributed by atoms with Crippen molar-refractivity contribution in [3.63, 3.8) is 0 Å². The molecule has 2 aromatic rings. The van der Waals surface area contributed by atoms with Crippen LogP contribution in [0.3, 0.4) is 0 Å². The molecule has 0 bridgehead atoms. The number of carbonyl (C=O) groups excluding carboxylic acids is 2. The van der Waals surface area contributed by atoms with Crippen molar-refractivity contribution in [1.82, 2.24) is 9.80 Å². The lowest BCUT2D eigenvalue weighted by Crippen LogP contribution is -2.51. The van der Waals surface area contributed by atoms with Crippen molar-refractivity contribution in [1.29, 1.82) is 0 Å². The number of piperazine rings is 1. The van der Waals surface area contributed by atoms with Crippen LogP contribution in [0, 0.1) is 5.82 Å². The van der Waals surface area contributed by atoms with E-state index in [1.165, 1.54) is 23.5 Å². The molecule has 1 aliphatic rings. The Morgan fingerprint density at radius 2 is 1.77 bits per heavy atom. The van der Waals surface area contributed by atoms with Gasteiger partial charge in [-0.15, -0.1) is 11.3 Å². The molecule has 0 atom stereocenters. The van der Waals surface area contributed by atoms with Gasteiger partial charge in [0.1, 0.15) is 16.3 Å². The Labute approximate surface area is 160 Å². The minimum absolute atomic E-state index is 0.194. The maximum atomic E-state index is 13.4. The Morgan fingerprint density at radius 1 is 1.15 bits per heavy atom. The number of amides is 2. The minimum Gasteiger partial charge on any atom is -0.444 e. The van der Waals surface area contributed by atoms with Crippen LogP contribution >= 0.6 is 22.9 Å². The summed E-state index contributed by atoms with van der Waals surface area (Å²) in [5.41, 5.74) is -0.552. The quantitative estimate of drug-likeness (QED) is 0.716. The predicted octanol–water partition coefficient (Wildman–Crippen LogP) is 4.39. The molecule has 2 heterocycles. The minimum atomic E-state index is -0.552. The van der Waals surface area contributed by atoms with Crippen LogP contribution in [0.25, 0.3) is 10.1 Å². The van der Waals surface area contributed by atoms with Crippen LogP contribution in [0.4, 0.5) is 9.18 Å². The number of fused-ring (bicyclic) bond motifs is 1. The van der Waals surface area contributed by atoms with Crippen LogP contribution in [0.5, 0.6) is 0 Å². The van der Waals surface area contributed by atoms with Crippen LogP contribution in [-0.2, 0) is 4.74 Å². The molecule has 8 heteroatoms. The number of benzene rings is 1. The molecule has 0 saturated carbocycles. The van der Waals surface area contributed by atoms with E-state index in [0.29, 0.717) is 46.2 Å². The van der Waals surface area contributed by atoms with Crippen LogP contribution in [0.15, 0.2) is 18.2 Å². The van der Waals surface area contributed by atoms with Gasteiger partial charge in [0.25, 0.3) is 5.91 Å². The molecule has 0 aliphatic carbocycles. The van der Waals surface area contributed by atoms with Crippen LogP contribution in [-0.4, -0.2) is 53.6 Å². The van der Waals surface area contributed by atoms with E-state index in [9.17, 15) is 14.0 Å². The molecule has 140 valence electrons. The van der Waals surface area contributed by atoms with Gasteiger partial charge in [-0.25, -0.2) is 9.18 Å². The molecule has 0 unspecified atom stereocenters. The standard InChI is InChI=1S/C18H20ClFN2O3S/c1-18(2,3)25-17(24)22-8-6-21(7-9-22)16(23)15-14(19)12-5-4-11(20)10-13(12)26-15/h4-5,10H,6-9H2,1-3H3.